The first kappa shape index (κ1) is 20.5. The first-order chi connectivity index (χ1) is 14.4. The Morgan fingerprint density at radius 1 is 1.33 bits per heavy atom. The summed E-state index contributed by atoms with van der Waals surface area (Å²) in [6, 6.07) is 6.87. The molecule has 1 unspecified atom stereocenters. The van der Waals surface area contributed by atoms with Crippen LogP contribution in [0.5, 0.6) is 0 Å². The topological polar surface area (TPSA) is 113 Å². The molecule has 0 saturated carbocycles. The number of hydrogen-bond acceptors (Lipinski definition) is 7. The number of halogens is 1. The summed E-state index contributed by atoms with van der Waals surface area (Å²) in [5, 5.41) is 7.67. The number of amides is 2. The number of nitrogens with one attached hydrogen (secondary N) is 3. The molecule has 3 N–H and O–H groups in total. The van der Waals surface area contributed by atoms with Crippen LogP contribution < -0.4 is 10.6 Å². The van der Waals surface area contributed by atoms with Crippen LogP contribution in [0.1, 0.15) is 16.9 Å². The van der Waals surface area contributed by atoms with Gasteiger partial charge in [0.05, 0.1) is 23.7 Å². The van der Waals surface area contributed by atoms with E-state index in [2.05, 4.69) is 25.3 Å². The van der Waals surface area contributed by atoms with Gasteiger partial charge < -0.3 is 20.4 Å². The number of benzene rings is 1. The van der Waals surface area contributed by atoms with Gasteiger partial charge in [-0.1, -0.05) is 11.6 Å². The van der Waals surface area contributed by atoms with Crippen LogP contribution in [0.3, 0.4) is 0 Å². The molecule has 3 aromatic rings. The summed E-state index contributed by atoms with van der Waals surface area (Å²) >= 11 is 8.53. The standard InChI is InChI=1S/C19H15ClN4O4S2/c1-28-18(27)12-4-9(7-21-12)13-8-29-19(23-13)24-16(25)6-15-17(26)22-11-5-10(20)2-3-14(11)30-15/h2-5,7-8,15,21H,6H2,1H3,(H,22,26)(H,23,24,25). The van der Waals surface area contributed by atoms with Crippen LogP contribution in [-0.2, 0) is 14.3 Å². The molecule has 30 heavy (non-hydrogen) atoms. The quantitative estimate of drug-likeness (QED) is 0.493. The molecule has 0 aliphatic carbocycles. The van der Waals surface area contributed by atoms with Crippen molar-refractivity contribution in [3.05, 3.63) is 46.6 Å². The van der Waals surface area contributed by atoms with Crippen LogP contribution in [0.25, 0.3) is 11.3 Å². The summed E-state index contributed by atoms with van der Waals surface area (Å²) in [6.45, 7) is 0. The summed E-state index contributed by atoms with van der Waals surface area (Å²) in [6.07, 6.45) is 1.64. The highest BCUT2D eigenvalue weighted by Crippen LogP contribution is 2.38. The van der Waals surface area contributed by atoms with Crippen molar-refractivity contribution in [3.8, 4) is 11.3 Å². The number of aromatic nitrogens is 2. The summed E-state index contributed by atoms with van der Waals surface area (Å²) in [5.41, 5.74) is 2.27. The fourth-order valence-electron chi connectivity index (χ4n) is 2.83. The zero-order chi connectivity index (χ0) is 21.3. The minimum Gasteiger partial charge on any atom is -0.464 e. The van der Waals surface area contributed by atoms with E-state index < -0.39 is 11.2 Å². The summed E-state index contributed by atoms with van der Waals surface area (Å²) in [7, 11) is 1.30. The predicted octanol–water partition coefficient (Wildman–Crippen LogP) is 4.02. The summed E-state index contributed by atoms with van der Waals surface area (Å²) in [4.78, 5) is 44.4. The molecule has 0 radical (unpaired) electrons. The van der Waals surface area contributed by atoms with Crippen molar-refractivity contribution in [1.29, 1.82) is 0 Å². The molecule has 0 spiro atoms. The monoisotopic (exact) mass is 462 g/mol. The van der Waals surface area contributed by atoms with Crippen LogP contribution in [0, 0.1) is 0 Å². The highest BCUT2D eigenvalue weighted by Gasteiger charge is 2.29. The number of methoxy groups -OCH3 is 1. The number of thioether (sulfide) groups is 1. The van der Waals surface area contributed by atoms with Gasteiger partial charge in [-0.05, 0) is 24.3 Å². The van der Waals surface area contributed by atoms with E-state index in [1.54, 1.807) is 29.8 Å². The number of ether oxygens (including phenoxy) is 1. The van der Waals surface area contributed by atoms with Crippen molar-refractivity contribution in [1.82, 2.24) is 9.97 Å². The lowest BCUT2D eigenvalue weighted by molar-refractivity contribution is -0.120. The van der Waals surface area contributed by atoms with Crippen molar-refractivity contribution in [2.45, 2.75) is 16.6 Å². The number of aromatic amines is 1. The molecule has 8 nitrogen and oxygen atoms in total. The van der Waals surface area contributed by atoms with E-state index in [9.17, 15) is 14.4 Å². The minimum absolute atomic E-state index is 0.00409. The zero-order valence-corrected chi connectivity index (χ0v) is 17.9. The van der Waals surface area contributed by atoms with Crippen LogP contribution in [0.15, 0.2) is 40.7 Å². The molecule has 2 amide bonds. The molecule has 1 atom stereocenters. The highest BCUT2D eigenvalue weighted by atomic mass is 35.5. The third-order valence-corrected chi connectivity index (χ3v) is 6.53. The number of carbonyl (C=O) groups is 3. The molecule has 11 heteroatoms. The normalized spacial score (nSPS) is 15.3. The van der Waals surface area contributed by atoms with Crippen molar-refractivity contribution in [2.75, 3.05) is 17.7 Å². The van der Waals surface area contributed by atoms with Crippen LogP contribution >= 0.6 is 34.7 Å². The summed E-state index contributed by atoms with van der Waals surface area (Å²) in [5.74, 6) is -1.03. The van der Waals surface area contributed by atoms with E-state index in [1.165, 1.54) is 30.2 Å². The molecule has 1 aromatic carbocycles. The van der Waals surface area contributed by atoms with E-state index in [0.29, 0.717) is 32.8 Å². The van der Waals surface area contributed by atoms with Crippen LogP contribution in [0.2, 0.25) is 5.02 Å². The van der Waals surface area contributed by atoms with Gasteiger partial charge in [0.25, 0.3) is 0 Å². The van der Waals surface area contributed by atoms with Gasteiger partial charge >= 0.3 is 5.97 Å². The zero-order valence-electron chi connectivity index (χ0n) is 15.5. The number of thiazole rings is 1. The predicted molar refractivity (Wildman–Crippen MR) is 116 cm³/mol. The Kier molecular flexibility index (Phi) is 5.80. The lowest BCUT2D eigenvalue weighted by Gasteiger charge is -2.23. The highest BCUT2D eigenvalue weighted by molar-refractivity contribution is 8.01. The Labute approximate surface area is 184 Å². The van der Waals surface area contributed by atoms with E-state index in [-0.39, 0.29) is 18.2 Å². The molecule has 1 aliphatic heterocycles. The van der Waals surface area contributed by atoms with E-state index >= 15 is 0 Å². The van der Waals surface area contributed by atoms with Crippen molar-refractivity contribution in [3.63, 3.8) is 0 Å². The number of rotatable bonds is 5. The van der Waals surface area contributed by atoms with Gasteiger partial charge in [-0.3, -0.25) is 9.59 Å². The van der Waals surface area contributed by atoms with Crippen molar-refractivity contribution in [2.24, 2.45) is 0 Å². The Balaban J connectivity index is 1.39. The molecule has 0 bridgehead atoms. The average Bonchev–Trinajstić information content (AvgIpc) is 3.37. The minimum atomic E-state index is -0.551. The number of fused-ring (bicyclic) bond motifs is 1. The maximum absolute atomic E-state index is 12.4. The first-order valence-electron chi connectivity index (χ1n) is 8.72. The molecule has 1 aliphatic rings. The van der Waals surface area contributed by atoms with Gasteiger partial charge in [0, 0.05) is 33.5 Å². The molecule has 0 saturated heterocycles. The molecule has 3 heterocycles. The van der Waals surface area contributed by atoms with E-state index in [4.69, 9.17) is 11.6 Å². The van der Waals surface area contributed by atoms with Gasteiger partial charge in [-0.25, -0.2) is 9.78 Å². The number of esters is 1. The van der Waals surface area contributed by atoms with Crippen molar-refractivity contribution >= 4 is 63.3 Å². The Bertz CT molecular complexity index is 1140. The number of hydrogen-bond donors (Lipinski definition) is 3. The Hall–Kier alpha value is -2.82. The maximum atomic E-state index is 12.4. The molecular formula is C19H15ClN4O4S2. The number of anilines is 2. The molecule has 0 fully saturated rings. The Morgan fingerprint density at radius 3 is 2.97 bits per heavy atom. The second-order valence-electron chi connectivity index (χ2n) is 6.32. The lowest BCUT2D eigenvalue weighted by Crippen LogP contribution is -2.32. The molecule has 154 valence electrons. The number of nitrogens with zero attached hydrogens (tertiary/aromatic N) is 1. The van der Waals surface area contributed by atoms with Gasteiger partial charge in [0.2, 0.25) is 11.8 Å². The molecular weight excluding hydrogens is 448 g/mol. The SMILES string of the molecule is COC(=O)c1cc(-c2csc(NC(=O)CC3Sc4ccc(Cl)cc4NC3=O)n2)c[nH]1. The fraction of sp³-hybridized carbons (Fsp3) is 0.158. The lowest BCUT2D eigenvalue weighted by atomic mass is 10.2. The largest absolute Gasteiger partial charge is 0.464 e. The average molecular weight is 463 g/mol. The second kappa shape index (κ2) is 8.50. The van der Waals surface area contributed by atoms with Crippen LogP contribution in [-0.4, -0.2) is 40.1 Å². The van der Waals surface area contributed by atoms with Crippen LogP contribution in [0.4, 0.5) is 10.8 Å². The van der Waals surface area contributed by atoms with Gasteiger partial charge in [-0.15, -0.1) is 23.1 Å². The fourth-order valence-corrected chi connectivity index (χ4v) is 4.83. The summed E-state index contributed by atoms with van der Waals surface area (Å²) < 4.78 is 4.67. The van der Waals surface area contributed by atoms with Gasteiger partial charge in [-0.2, -0.15) is 0 Å². The van der Waals surface area contributed by atoms with E-state index in [0.717, 1.165) is 4.90 Å². The molecule has 4 rings (SSSR count). The smallest absolute Gasteiger partial charge is 0.354 e. The third-order valence-electron chi connectivity index (χ3n) is 4.27. The number of carbonyl (C=O) groups excluding carboxylic acids is 3. The number of H-pyrrole nitrogens is 1. The second-order valence-corrected chi connectivity index (χ2v) is 8.86. The van der Waals surface area contributed by atoms with Crippen molar-refractivity contribution < 1.29 is 19.1 Å². The van der Waals surface area contributed by atoms with Gasteiger partial charge in [0.15, 0.2) is 5.13 Å². The molecule has 2 aromatic heterocycles. The maximum Gasteiger partial charge on any atom is 0.354 e. The first-order valence-corrected chi connectivity index (χ1v) is 10.9. The van der Waals surface area contributed by atoms with Gasteiger partial charge in [0.1, 0.15) is 5.69 Å². The van der Waals surface area contributed by atoms with E-state index in [1.807, 2.05) is 6.07 Å². The Morgan fingerprint density at radius 2 is 2.17 bits per heavy atom. The third kappa shape index (κ3) is 4.35.